The Morgan fingerprint density at radius 2 is 1.05 bits per heavy atom. The highest BCUT2D eigenvalue weighted by Crippen LogP contribution is 2.31. The average Bonchev–Trinajstić information content (AvgIpc) is 2.34. The molecule has 0 radical (unpaired) electrons. The predicted molar refractivity (Wildman–Crippen MR) is 78.9 cm³/mol. The van der Waals surface area contributed by atoms with Gasteiger partial charge in [0.1, 0.15) is 0 Å². The van der Waals surface area contributed by atoms with Gasteiger partial charge in [-0.3, -0.25) is 0 Å². The maximum Gasteiger partial charge on any atom is 0.631 e. The van der Waals surface area contributed by atoms with E-state index in [1.54, 1.807) is 0 Å². The molecular weight excluding hydrogens is 259 g/mol. The van der Waals surface area contributed by atoms with Gasteiger partial charge in [0.05, 0.1) is 0 Å². The summed E-state index contributed by atoms with van der Waals surface area (Å²) in [6.07, 6.45) is 0. The van der Waals surface area contributed by atoms with Crippen LogP contribution in [0.1, 0.15) is 11.1 Å². The van der Waals surface area contributed by atoms with Crippen LogP contribution in [0.2, 0.25) is 0 Å². The fraction of sp³-hybridized carbons (Fsp3) is 0.143. The molecule has 0 aliphatic heterocycles. The number of aryl methyl sites for hydroxylation is 2. The molecule has 0 saturated heterocycles. The van der Waals surface area contributed by atoms with Crippen LogP contribution in [-0.4, -0.2) is 22.4 Å². The molecular formula is C14H17BO3S. The van der Waals surface area contributed by atoms with E-state index >= 15 is 0 Å². The minimum absolute atomic E-state index is 1.34. The highest BCUT2D eigenvalue weighted by atomic mass is 32.2. The molecule has 100 valence electrons. The van der Waals surface area contributed by atoms with Crippen LogP contribution in [-0.2, 0) is 0 Å². The summed E-state index contributed by atoms with van der Waals surface area (Å²) >= 11 is 1.84. The monoisotopic (exact) mass is 276 g/mol. The number of rotatable bonds is 2. The molecule has 0 atom stereocenters. The summed E-state index contributed by atoms with van der Waals surface area (Å²) in [5.74, 6) is 0. The summed E-state index contributed by atoms with van der Waals surface area (Å²) < 4.78 is 0. The third-order valence-electron chi connectivity index (χ3n) is 2.41. The second kappa shape index (κ2) is 8.02. The maximum absolute atomic E-state index is 7.17. The second-order valence-corrected chi connectivity index (χ2v) is 5.06. The van der Waals surface area contributed by atoms with Gasteiger partial charge in [0.25, 0.3) is 0 Å². The Morgan fingerprint density at radius 3 is 1.37 bits per heavy atom. The SMILES string of the molecule is Cc1ccccc1Sc1ccccc1C.OB(O)O. The molecule has 3 nitrogen and oxygen atoms in total. The lowest BCUT2D eigenvalue weighted by atomic mass is 10.2. The van der Waals surface area contributed by atoms with Gasteiger partial charge < -0.3 is 15.1 Å². The van der Waals surface area contributed by atoms with E-state index < -0.39 is 7.32 Å². The summed E-state index contributed by atoms with van der Waals surface area (Å²) in [7, 11) is -2.17. The van der Waals surface area contributed by atoms with Crippen molar-refractivity contribution < 1.29 is 15.1 Å². The van der Waals surface area contributed by atoms with Gasteiger partial charge in [-0.25, -0.2) is 0 Å². The first-order chi connectivity index (χ1) is 9.00. The molecule has 2 rings (SSSR count). The predicted octanol–water partition coefficient (Wildman–Crippen LogP) is 2.40. The average molecular weight is 276 g/mol. The van der Waals surface area contributed by atoms with Crippen molar-refractivity contribution in [3.63, 3.8) is 0 Å². The summed E-state index contributed by atoms with van der Waals surface area (Å²) in [6.45, 7) is 4.31. The Labute approximate surface area is 118 Å². The lowest BCUT2D eigenvalue weighted by Gasteiger charge is -2.07. The minimum Gasteiger partial charge on any atom is -0.402 e. The normalized spacial score (nSPS) is 9.53. The molecule has 0 saturated carbocycles. The van der Waals surface area contributed by atoms with Gasteiger partial charge in [-0.15, -0.1) is 0 Å². The van der Waals surface area contributed by atoms with E-state index in [4.69, 9.17) is 15.1 Å². The van der Waals surface area contributed by atoms with Gasteiger partial charge >= 0.3 is 7.32 Å². The molecule has 0 aliphatic carbocycles. The van der Waals surface area contributed by atoms with Crippen LogP contribution in [0, 0.1) is 13.8 Å². The van der Waals surface area contributed by atoms with Crippen molar-refractivity contribution in [3.8, 4) is 0 Å². The molecule has 0 amide bonds. The Bertz CT molecular complexity index is 471. The Kier molecular flexibility index (Phi) is 6.66. The number of hydrogen-bond acceptors (Lipinski definition) is 4. The van der Waals surface area contributed by atoms with E-state index in [-0.39, 0.29) is 0 Å². The van der Waals surface area contributed by atoms with E-state index in [1.807, 2.05) is 11.8 Å². The van der Waals surface area contributed by atoms with E-state index in [9.17, 15) is 0 Å². The highest BCUT2D eigenvalue weighted by molar-refractivity contribution is 7.99. The third-order valence-corrected chi connectivity index (χ3v) is 3.76. The van der Waals surface area contributed by atoms with Gasteiger partial charge in [0, 0.05) is 9.79 Å². The molecule has 0 bridgehead atoms. The highest BCUT2D eigenvalue weighted by Gasteiger charge is 2.01. The zero-order valence-corrected chi connectivity index (χ0v) is 11.8. The van der Waals surface area contributed by atoms with Crippen LogP contribution in [0.5, 0.6) is 0 Å². The Morgan fingerprint density at radius 1 is 0.737 bits per heavy atom. The van der Waals surface area contributed by atoms with Crippen molar-refractivity contribution in [1.82, 2.24) is 0 Å². The summed E-state index contributed by atoms with van der Waals surface area (Å²) in [6, 6.07) is 17.0. The molecule has 0 aliphatic rings. The largest absolute Gasteiger partial charge is 0.631 e. The van der Waals surface area contributed by atoms with E-state index in [0.29, 0.717) is 0 Å². The zero-order valence-electron chi connectivity index (χ0n) is 10.9. The fourth-order valence-electron chi connectivity index (χ4n) is 1.46. The van der Waals surface area contributed by atoms with Gasteiger partial charge in [-0.05, 0) is 37.1 Å². The first-order valence-electron chi connectivity index (χ1n) is 5.84. The number of benzene rings is 2. The third kappa shape index (κ3) is 5.94. The molecule has 0 unspecified atom stereocenters. The molecule has 2 aromatic carbocycles. The molecule has 5 heteroatoms. The smallest absolute Gasteiger partial charge is 0.402 e. The molecule has 0 aromatic heterocycles. The van der Waals surface area contributed by atoms with E-state index in [2.05, 4.69) is 62.4 Å². The van der Waals surface area contributed by atoms with E-state index in [0.717, 1.165) is 0 Å². The summed E-state index contributed by atoms with van der Waals surface area (Å²) in [5.41, 5.74) is 2.68. The topological polar surface area (TPSA) is 60.7 Å². The van der Waals surface area contributed by atoms with Crippen molar-refractivity contribution >= 4 is 19.1 Å². The van der Waals surface area contributed by atoms with Crippen LogP contribution < -0.4 is 0 Å². The zero-order chi connectivity index (χ0) is 14.3. The van der Waals surface area contributed by atoms with Crippen molar-refractivity contribution in [2.45, 2.75) is 23.6 Å². The Balaban J connectivity index is 0.000000399. The quantitative estimate of drug-likeness (QED) is 0.737. The van der Waals surface area contributed by atoms with Crippen LogP contribution in [0.3, 0.4) is 0 Å². The molecule has 0 spiro atoms. The Hall–Kier alpha value is -1.27. The van der Waals surface area contributed by atoms with Gasteiger partial charge in [-0.1, -0.05) is 48.2 Å². The minimum atomic E-state index is -2.17. The lowest BCUT2D eigenvalue weighted by molar-refractivity contribution is 0.278. The summed E-state index contributed by atoms with van der Waals surface area (Å²) in [4.78, 5) is 2.68. The number of hydrogen-bond donors (Lipinski definition) is 3. The molecule has 3 N–H and O–H groups in total. The van der Waals surface area contributed by atoms with Gasteiger partial charge in [0.15, 0.2) is 0 Å². The second-order valence-electron chi connectivity index (χ2n) is 3.98. The first kappa shape index (κ1) is 15.8. The van der Waals surface area contributed by atoms with Gasteiger partial charge in [-0.2, -0.15) is 0 Å². The molecule has 0 fully saturated rings. The van der Waals surface area contributed by atoms with Crippen molar-refractivity contribution in [1.29, 1.82) is 0 Å². The van der Waals surface area contributed by atoms with Crippen LogP contribution in [0.25, 0.3) is 0 Å². The van der Waals surface area contributed by atoms with Crippen molar-refractivity contribution in [3.05, 3.63) is 59.7 Å². The van der Waals surface area contributed by atoms with Crippen molar-refractivity contribution in [2.24, 2.45) is 0 Å². The van der Waals surface area contributed by atoms with Crippen molar-refractivity contribution in [2.75, 3.05) is 0 Å². The maximum atomic E-state index is 7.17. The van der Waals surface area contributed by atoms with Crippen LogP contribution in [0.4, 0.5) is 0 Å². The molecule has 19 heavy (non-hydrogen) atoms. The molecule has 2 aromatic rings. The molecule has 0 heterocycles. The van der Waals surface area contributed by atoms with E-state index in [1.165, 1.54) is 20.9 Å². The standard InChI is InChI=1S/C14H14S.BH3O3/c1-11-7-3-5-9-13(11)15-14-10-6-4-8-12(14)2;2-1(3)4/h3-10H,1-2H3;2-4H. The van der Waals surface area contributed by atoms with Crippen LogP contribution >= 0.6 is 11.8 Å². The first-order valence-corrected chi connectivity index (χ1v) is 6.65. The lowest BCUT2D eigenvalue weighted by Crippen LogP contribution is -2.07. The van der Waals surface area contributed by atoms with Gasteiger partial charge in [0.2, 0.25) is 0 Å². The fourth-order valence-corrected chi connectivity index (χ4v) is 2.45. The summed E-state index contributed by atoms with van der Waals surface area (Å²) in [5, 5.41) is 21.5. The van der Waals surface area contributed by atoms with Crippen LogP contribution in [0.15, 0.2) is 58.3 Å².